The van der Waals surface area contributed by atoms with E-state index in [4.69, 9.17) is 44.8 Å². The lowest BCUT2D eigenvalue weighted by molar-refractivity contribution is -0.465. The lowest BCUT2D eigenvalue weighted by Crippen LogP contribution is -2.80. The first-order valence-corrected chi connectivity index (χ1v) is 15.3. The Morgan fingerprint density at radius 1 is 0.673 bits per heavy atom. The van der Waals surface area contributed by atoms with Gasteiger partial charge in [-0.25, -0.2) is 29.0 Å². The van der Waals surface area contributed by atoms with Gasteiger partial charge in [0.1, 0.15) is 0 Å². The van der Waals surface area contributed by atoms with E-state index in [9.17, 15) is 19.2 Å². The van der Waals surface area contributed by atoms with E-state index in [1.807, 2.05) is 0 Å². The van der Waals surface area contributed by atoms with Crippen molar-refractivity contribution in [3.8, 4) is 28.5 Å². The third kappa shape index (κ3) is 6.40. The minimum atomic E-state index is -2.62. The lowest BCUT2D eigenvalue weighted by Gasteiger charge is -2.55. The van der Waals surface area contributed by atoms with Gasteiger partial charge in [-0.05, 0) is 47.5 Å². The van der Waals surface area contributed by atoms with Gasteiger partial charge < -0.3 is 33.2 Å². The molecular formula is C34H30ClN3O11. The van der Waals surface area contributed by atoms with E-state index in [0.717, 1.165) is 24.3 Å². The van der Waals surface area contributed by atoms with Gasteiger partial charge in [-0.1, -0.05) is 23.7 Å². The first kappa shape index (κ1) is 33.5. The lowest BCUT2D eigenvalue weighted by atomic mass is 10.1. The summed E-state index contributed by atoms with van der Waals surface area (Å²) in [4.78, 5) is 59.9. The van der Waals surface area contributed by atoms with Gasteiger partial charge in [0, 0.05) is 67.3 Å². The van der Waals surface area contributed by atoms with Crippen LogP contribution in [0.15, 0.2) is 79.0 Å². The van der Waals surface area contributed by atoms with Crippen molar-refractivity contribution in [1.29, 1.82) is 0 Å². The predicted molar refractivity (Wildman–Crippen MR) is 170 cm³/mol. The van der Waals surface area contributed by atoms with Crippen molar-refractivity contribution in [1.82, 2.24) is 14.8 Å². The Balaban J connectivity index is 1.46. The number of nitrogens with zero attached hydrogens (tertiary/aromatic N) is 3. The summed E-state index contributed by atoms with van der Waals surface area (Å²) in [5.74, 6) is -8.04. The first-order valence-electron chi connectivity index (χ1n) is 14.9. The molecule has 3 aromatic rings. The average Bonchev–Trinajstić information content (AvgIpc) is 3.35. The molecule has 15 heteroatoms. The second-order valence-corrected chi connectivity index (χ2v) is 11.4. The van der Waals surface area contributed by atoms with E-state index in [1.54, 1.807) is 54.7 Å². The zero-order valence-electron chi connectivity index (χ0n) is 26.5. The third-order valence-electron chi connectivity index (χ3n) is 7.98. The molecule has 0 saturated carbocycles. The molecule has 6 rings (SSSR count). The molecule has 0 aliphatic carbocycles. The van der Waals surface area contributed by atoms with Crippen molar-refractivity contribution in [2.24, 2.45) is 0 Å². The van der Waals surface area contributed by atoms with Crippen molar-refractivity contribution in [2.45, 2.75) is 24.9 Å². The molecule has 0 N–H and O–H groups in total. The molecule has 0 atom stereocenters. The number of aromatic nitrogens is 1. The molecule has 49 heavy (non-hydrogen) atoms. The van der Waals surface area contributed by atoms with Gasteiger partial charge in [-0.3, -0.25) is 4.98 Å². The van der Waals surface area contributed by atoms with Gasteiger partial charge in [0.2, 0.25) is 5.75 Å². The maximum Gasteiger partial charge on any atom is 0.420 e. The number of halogens is 1. The third-order valence-corrected chi connectivity index (χ3v) is 8.24. The summed E-state index contributed by atoms with van der Waals surface area (Å²) < 4.78 is 39.9. The highest BCUT2D eigenvalue weighted by Gasteiger charge is 2.74. The normalized spacial score (nSPS) is 18.6. The summed E-state index contributed by atoms with van der Waals surface area (Å²) in [6.45, 7) is 0.0779. The summed E-state index contributed by atoms with van der Waals surface area (Å²) in [5.41, 5.74) is 2.41. The van der Waals surface area contributed by atoms with E-state index < -0.39 is 35.7 Å². The van der Waals surface area contributed by atoms with Gasteiger partial charge in [-0.15, -0.1) is 0 Å². The number of pyridine rings is 1. The van der Waals surface area contributed by atoms with Crippen LogP contribution in [-0.2, 0) is 51.2 Å². The van der Waals surface area contributed by atoms with Crippen molar-refractivity contribution in [2.75, 3.05) is 34.4 Å². The molecule has 3 aliphatic rings. The highest BCUT2D eigenvalue weighted by molar-refractivity contribution is 6.30. The number of benzene rings is 2. The monoisotopic (exact) mass is 691 g/mol. The van der Waals surface area contributed by atoms with Crippen LogP contribution in [0.25, 0.3) is 11.3 Å². The Labute approximate surface area is 285 Å². The summed E-state index contributed by atoms with van der Waals surface area (Å²) in [6.07, 6.45) is 5.05. The van der Waals surface area contributed by atoms with Crippen LogP contribution in [-0.4, -0.2) is 84.9 Å². The quantitative estimate of drug-likeness (QED) is 0.317. The van der Waals surface area contributed by atoms with Crippen LogP contribution in [0.5, 0.6) is 17.2 Å². The fraction of sp³-hybridized carbons (Fsp3) is 0.265. The van der Waals surface area contributed by atoms with E-state index in [1.165, 1.54) is 31.1 Å². The first-order chi connectivity index (χ1) is 23.6. The average molecular weight is 692 g/mol. The van der Waals surface area contributed by atoms with Gasteiger partial charge in [0.25, 0.3) is 0 Å². The molecule has 0 amide bonds. The largest absolute Gasteiger partial charge is 0.493 e. The summed E-state index contributed by atoms with van der Waals surface area (Å²) in [5, 5.41) is 0.484. The van der Waals surface area contributed by atoms with Gasteiger partial charge in [0.15, 0.2) is 11.5 Å². The number of methoxy groups -OCH3 is 3. The smallest absolute Gasteiger partial charge is 0.420 e. The Hall–Kier alpha value is -5.44. The van der Waals surface area contributed by atoms with Crippen LogP contribution in [0.1, 0.15) is 11.1 Å². The van der Waals surface area contributed by atoms with Crippen molar-refractivity contribution < 1.29 is 52.3 Å². The Morgan fingerprint density at radius 2 is 1.14 bits per heavy atom. The highest BCUT2D eigenvalue weighted by Crippen LogP contribution is 2.46. The van der Waals surface area contributed by atoms with Crippen molar-refractivity contribution >= 4 is 35.5 Å². The molecule has 1 saturated heterocycles. The van der Waals surface area contributed by atoms with Crippen molar-refractivity contribution in [3.05, 3.63) is 95.2 Å². The molecule has 4 heterocycles. The van der Waals surface area contributed by atoms with Crippen LogP contribution >= 0.6 is 11.6 Å². The van der Waals surface area contributed by atoms with Gasteiger partial charge in [0.05, 0.1) is 27.0 Å². The molecule has 2 spiro atoms. The van der Waals surface area contributed by atoms with Crippen LogP contribution < -0.4 is 14.2 Å². The molecule has 0 unspecified atom stereocenters. The van der Waals surface area contributed by atoms with Crippen LogP contribution in [0.3, 0.4) is 0 Å². The maximum absolute atomic E-state index is 13.1. The van der Waals surface area contributed by atoms with Gasteiger partial charge >= 0.3 is 35.7 Å². The maximum atomic E-state index is 13.1. The number of hydrogen-bond acceptors (Lipinski definition) is 14. The molecule has 2 aromatic carbocycles. The SMILES string of the molecule is COc1cc(-c2cc(CN3CCN(Cc4ccc(Cl)cc4)C4(OC(=O)C=CC(=O)O4)C34OC(=O)C=CC(=O)O4)ccn2)cc(OC)c1OC. The standard InChI is InChI=1S/C34H30ClN3O11/c1-43-26-17-23(18-27(44-2)32(26)45-3)25-16-22(12-13-36-25)20-38-15-14-37(19-21-4-6-24(35)7-5-21)33(46-28(39)8-9-29(40)47-33)34(38)48-30(41)10-11-31(42)49-34/h4-13,16-18H,14-15,19-20H2,1-3H3. The number of piperazine rings is 1. The Kier molecular flexibility index (Phi) is 9.28. The topological polar surface area (TPSA) is 152 Å². The molecule has 14 nitrogen and oxygen atoms in total. The molecule has 1 aromatic heterocycles. The molecule has 254 valence electrons. The number of fused-ring (bicyclic) bond motifs is 1. The number of ether oxygens (including phenoxy) is 7. The zero-order chi connectivity index (χ0) is 34.8. The highest BCUT2D eigenvalue weighted by atomic mass is 35.5. The molecule has 3 aliphatic heterocycles. The molecule has 0 bridgehead atoms. The van der Waals surface area contributed by atoms with Gasteiger partial charge in [-0.2, -0.15) is 0 Å². The minimum Gasteiger partial charge on any atom is -0.493 e. The summed E-state index contributed by atoms with van der Waals surface area (Å²) >= 11 is 6.10. The fourth-order valence-electron chi connectivity index (χ4n) is 5.80. The number of esters is 4. The van der Waals surface area contributed by atoms with Crippen molar-refractivity contribution in [3.63, 3.8) is 0 Å². The number of carbonyl (C=O) groups is 4. The van der Waals surface area contributed by atoms with E-state index in [2.05, 4.69) is 4.98 Å². The molecule has 1 fully saturated rings. The summed E-state index contributed by atoms with van der Waals surface area (Å²) in [6, 6.07) is 13.7. The van der Waals surface area contributed by atoms with E-state index >= 15 is 0 Å². The van der Waals surface area contributed by atoms with Crippen LogP contribution in [0.4, 0.5) is 0 Å². The second-order valence-electron chi connectivity index (χ2n) is 10.9. The van der Waals surface area contributed by atoms with Crippen LogP contribution in [0, 0.1) is 0 Å². The van der Waals surface area contributed by atoms with Crippen LogP contribution in [0.2, 0.25) is 5.02 Å². The Bertz CT molecular complexity index is 1790. The molecular weight excluding hydrogens is 662 g/mol. The Morgan fingerprint density at radius 3 is 1.59 bits per heavy atom. The number of rotatable bonds is 8. The van der Waals surface area contributed by atoms with E-state index in [0.29, 0.717) is 44.7 Å². The predicted octanol–water partition coefficient (Wildman–Crippen LogP) is 3.37. The molecule has 0 radical (unpaired) electrons. The van der Waals surface area contributed by atoms with E-state index in [-0.39, 0.29) is 26.2 Å². The summed E-state index contributed by atoms with van der Waals surface area (Å²) in [7, 11) is 4.50. The second kappa shape index (κ2) is 13.6. The number of carbonyl (C=O) groups excluding carboxylic acids is 4. The number of hydrogen-bond donors (Lipinski definition) is 0. The zero-order valence-corrected chi connectivity index (χ0v) is 27.3. The minimum absolute atomic E-state index is 0.00358. The fourth-order valence-corrected chi connectivity index (χ4v) is 5.93.